The average Bonchev–Trinajstić information content (AvgIpc) is 3.26. The average molecular weight is 274 g/mol. The van der Waals surface area contributed by atoms with Crippen molar-refractivity contribution in [3.8, 4) is 5.75 Å². The van der Waals surface area contributed by atoms with Gasteiger partial charge < -0.3 is 15.0 Å². The molecule has 1 aromatic rings. The Morgan fingerprint density at radius 1 is 1.35 bits per heavy atom. The van der Waals surface area contributed by atoms with Gasteiger partial charge in [-0.3, -0.25) is 0 Å². The summed E-state index contributed by atoms with van der Waals surface area (Å²) < 4.78 is 5.32. The summed E-state index contributed by atoms with van der Waals surface area (Å²) in [5.41, 5.74) is 2.95. The van der Waals surface area contributed by atoms with Crippen molar-refractivity contribution in [1.29, 1.82) is 0 Å². The van der Waals surface area contributed by atoms with E-state index in [9.17, 15) is 0 Å². The lowest BCUT2D eigenvalue weighted by Crippen LogP contribution is -2.51. The molecule has 1 unspecified atom stereocenters. The maximum absolute atomic E-state index is 5.32. The van der Waals surface area contributed by atoms with E-state index in [0.717, 1.165) is 31.3 Å². The summed E-state index contributed by atoms with van der Waals surface area (Å²) >= 11 is 0. The van der Waals surface area contributed by atoms with Gasteiger partial charge in [0, 0.05) is 24.3 Å². The molecule has 2 fully saturated rings. The maximum atomic E-state index is 5.32. The number of hydrogen-bond donors (Lipinski definition) is 1. The van der Waals surface area contributed by atoms with Gasteiger partial charge >= 0.3 is 0 Å². The zero-order valence-corrected chi connectivity index (χ0v) is 12.9. The van der Waals surface area contributed by atoms with Crippen LogP contribution in [0.2, 0.25) is 0 Å². The SMILES string of the molecule is COc1ccc(N2CCCNC(C)(C3CC3)C2)c(C)c1. The fraction of sp³-hybridized carbons (Fsp3) is 0.647. The largest absolute Gasteiger partial charge is 0.497 e. The Balaban J connectivity index is 1.84. The van der Waals surface area contributed by atoms with Crippen LogP contribution in [0, 0.1) is 12.8 Å². The number of ether oxygens (including phenoxy) is 1. The Hall–Kier alpha value is -1.22. The van der Waals surface area contributed by atoms with Crippen molar-refractivity contribution < 1.29 is 4.74 Å². The quantitative estimate of drug-likeness (QED) is 0.917. The Morgan fingerprint density at radius 2 is 2.15 bits per heavy atom. The highest BCUT2D eigenvalue weighted by molar-refractivity contribution is 5.56. The van der Waals surface area contributed by atoms with Crippen molar-refractivity contribution in [3.63, 3.8) is 0 Å². The van der Waals surface area contributed by atoms with E-state index < -0.39 is 0 Å². The standard InChI is InChI=1S/C17H26N2O/c1-13-11-15(20-3)7-8-16(13)19-10-4-9-18-17(2,12-19)14-5-6-14/h7-8,11,14,18H,4-6,9-10,12H2,1-3H3. The summed E-state index contributed by atoms with van der Waals surface area (Å²) in [6.07, 6.45) is 3.99. The van der Waals surface area contributed by atoms with Crippen LogP contribution in [0.5, 0.6) is 5.75 Å². The van der Waals surface area contributed by atoms with Crippen molar-refractivity contribution in [2.45, 2.75) is 38.6 Å². The highest BCUT2D eigenvalue weighted by Crippen LogP contribution is 2.41. The third kappa shape index (κ3) is 2.64. The van der Waals surface area contributed by atoms with Gasteiger partial charge in [0.15, 0.2) is 0 Å². The van der Waals surface area contributed by atoms with E-state index in [1.165, 1.54) is 30.5 Å². The van der Waals surface area contributed by atoms with Crippen molar-refractivity contribution >= 4 is 5.69 Å². The minimum atomic E-state index is 0.281. The Morgan fingerprint density at radius 3 is 2.80 bits per heavy atom. The van der Waals surface area contributed by atoms with Gasteiger partial charge in [-0.1, -0.05) is 0 Å². The molecule has 3 heteroatoms. The first-order valence-corrected chi connectivity index (χ1v) is 7.77. The first-order chi connectivity index (χ1) is 9.62. The molecule has 0 radical (unpaired) electrons. The van der Waals surface area contributed by atoms with Crippen molar-refractivity contribution in [2.24, 2.45) is 5.92 Å². The predicted molar refractivity (Wildman–Crippen MR) is 83.7 cm³/mol. The van der Waals surface area contributed by atoms with E-state index in [0.29, 0.717) is 0 Å². The number of nitrogens with one attached hydrogen (secondary N) is 1. The summed E-state index contributed by atoms with van der Waals surface area (Å²) in [7, 11) is 1.73. The Kier molecular flexibility index (Phi) is 3.63. The molecule has 3 nitrogen and oxygen atoms in total. The number of rotatable bonds is 3. The van der Waals surface area contributed by atoms with E-state index in [2.05, 4.69) is 42.3 Å². The van der Waals surface area contributed by atoms with Gasteiger partial charge in [0.25, 0.3) is 0 Å². The first-order valence-electron chi connectivity index (χ1n) is 7.77. The molecule has 1 heterocycles. The lowest BCUT2D eigenvalue weighted by atomic mass is 9.95. The molecule has 0 bridgehead atoms. The van der Waals surface area contributed by atoms with Gasteiger partial charge in [0.2, 0.25) is 0 Å². The summed E-state index contributed by atoms with van der Waals surface area (Å²) in [4.78, 5) is 2.56. The van der Waals surface area contributed by atoms with Crippen LogP contribution in [0.4, 0.5) is 5.69 Å². The van der Waals surface area contributed by atoms with Gasteiger partial charge in [0.1, 0.15) is 5.75 Å². The zero-order valence-electron chi connectivity index (χ0n) is 12.9. The van der Waals surface area contributed by atoms with Gasteiger partial charge in [-0.05, 0) is 69.3 Å². The third-order valence-corrected chi connectivity index (χ3v) is 4.88. The fourth-order valence-corrected chi connectivity index (χ4v) is 3.48. The summed E-state index contributed by atoms with van der Waals surface area (Å²) in [5, 5.41) is 3.80. The normalized spacial score (nSPS) is 27.2. The molecule has 20 heavy (non-hydrogen) atoms. The highest BCUT2D eigenvalue weighted by Gasteiger charge is 2.43. The van der Waals surface area contributed by atoms with Crippen molar-refractivity contribution in [2.75, 3.05) is 31.6 Å². The van der Waals surface area contributed by atoms with Crippen LogP contribution in [0.15, 0.2) is 18.2 Å². The molecule has 1 aliphatic heterocycles. The molecule has 1 atom stereocenters. The molecule has 2 aliphatic rings. The topological polar surface area (TPSA) is 24.5 Å². The molecule has 1 N–H and O–H groups in total. The van der Waals surface area contributed by atoms with Gasteiger partial charge in [0.05, 0.1) is 7.11 Å². The highest BCUT2D eigenvalue weighted by atomic mass is 16.5. The summed E-state index contributed by atoms with van der Waals surface area (Å²) in [5.74, 6) is 1.81. The van der Waals surface area contributed by atoms with Gasteiger partial charge in [-0.25, -0.2) is 0 Å². The summed E-state index contributed by atoms with van der Waals surface area (Å²) in [6, 6.07) is 6.43. The van der Waals surface area contributed by atoms with Crippen LogP contribution in [-0.4, -0.2) is 32.3 Å². The number of aryl methyl sites for hydroxylation is 1. The van der Waals surface area contributed by atoms with Crippen LogP contribution in [0.3, 0.4) is 0 Å². The predicted octanol–water partition coefficient (Wildman–Crippen LogP) is 2.97. The second-order valence-electron chi connectivity index (χ2n) is 6.55. The van der Waals surface area contributed by atoms with Crippen LogP contribution in [-0.2, 0) is 0 Å². The number of methoxy groups -OCH3 is 1. The second-order valence-corrected chi connectivity index (χ2v) is 6.55. The minimum Gasteiger partial charge on any atom is -0.497 e. The van der Waals surface area contributed by atoms with E-state index in [1.807, 2.05) is 0 Å². The smallest absolute Gasteiger partial charge is 0.119 e. The molecule has 1 saturated heterocycles. The third-order valence-electron chi connectivity index (χ3n) is 4.88. The molecule has 0 amide bonds. The molecule has 0 spiro atoms. The number of anilines is 1. The lowest BCUT2D eigenvalue weighted by molar-refractivity contribution is 0.331. The van der Waals surface area contributed by atoms with Crippen molar-refractivity contribution in [3.05, 3.63) is 23.8 Å². The molecular formula is C17H26N2O. The van der Waals surface area contributed by atoms with Gasteiger partial charge in [-0.2, -0.15) is 0 Å². The van der Waals surface area contributed by atoms with Crippen LogP contribution in [0.1, 0.15) is 31.7 Å². The van der Waals surface area contributed by atoms with Gasteiger partial charge in [-0.15, -0.1) is 0 Å². The van der Waals surface area contributed by atoms with Crippen LogP contribution >= 0.6 is 0 Å². The van der Waals surface area contributed by atoms with Crippen LogP contribution < -0.4 is 15.0 Å². The minimum absolute atomic E-state index is 0.281. The summed E-state index contributed by atoms with van der Waals surface area (Å²) in [6.45, 7) is 7.98. The van der Waals surface area contributed by atoms with E-state index in [1.54, 1.807) is 7.11 Å². The number of nitrogens with zero attached hydrogens (tertiary/aromatic N) is 1. The molecule has 3 rings (SSSR count). The first kappa shape index (κ1) is 13.7. The number of benzene rings is 1. The monoisotopic (exact) mass is 274 g/mol. The maximum Gasteiger partial charge on any atom is 0.119 e. The molecule has 0 aromatic heterocycles. The molecule has 1 saturated carbocycles. The number of hydrogen-bond acceptors (Lipinski definition) is 3. The molecular weight excluding hydrogens is 248 g/mol. The van der Waals surface area contributed by atoms with E-state index in [4.69, 9.17) is 4.74 Å². The molecule has 1 aliphatic carbocycles. The zero-order chi connectivity index (χ0) is 14.2. The fourth-order valence-electron chi connectivity index (χ4n) is 3.48. The Bertz CT molecular complexity index is 484. The second kappa shape index (κ2) is 5.28. The van der Waals surface area contributed by atoms with Crippen molar-refractivity contribution in [1.82, 2.24) is 5.32 Å². The molecule has 110 valence electrons. The van der Waals surface area contributed by atoms with E-state index in [-0.39, 0.29) is 5.54 Å². The van der Waals surface area contributed by atoms with E-state index >= 15 is 0 Å². The Labute approximate surface area is 122 Å². The van der Waals surface area contributed by atoms with Crippen LogP contribution in [0.25, 0.3) is 0 Å². The lowest BCUT2D eigenvalue weighted by Gasteiger charge is -2.35. The molecule has 1 aromatic carbocycles.